The molecule has 7 nitrogen and oxygen atoms in total. The largest absolute Gasteiger partial charge is 0.504 e. The molecule has 0 radical (unpaired) electrons. The minimum absolute atomic E-state index is 0.0782. The maximum atomic E-state index is 11.5. The third-order valence-electron chi connectivity index (χ3n) is 2.95. The number of rotatable bonds is 5. The van der Waals surface area contributed by atoms with E-state index >= 15 is 0 Å². The van der Waals surface area contributed by atoms with E-state index in [1.54, 1.807) is 0 Å². The molecule has 0 unspecified atom stereocenters. The Morgan fingerprint density at radius 2 is 1.81 bits per heavy atom. The highest BCUT2D eigenvalue weighted by Gasteiger charge is 2.31. The average molecular weight is 295 g/mol. The molecule has 0 aliphatic carbocycles. The molecule has 1 aromatic rings. The molecule has 1 atom stereocenters. The fraction of sp³-hybridized carbons (Fsp3) is 0.357. The number of aliphatic carboxylic acids is 1. The summed E-state index contributed by atoms with van der Waals surface area (Å²) < 4.78 is 4.94. The van der Waals surface area contributed by atoms with Crippen molar-refractivity contribution in [2.24, 2.45) is 0 Å². The summed E-state index contributed by atoms with van der Waals surface area (Å²) in [6.07, 6.45) is -0.0782. The summed E-state index contributed by atoms with van der Waals surface area (Å²) in [6.45, 7) is 2.27. The minimum atomic E-state index is -1.31. The standard InChI is InChI=1S/C14H17NO6/c1-8(16)15(9(2)17)11(14(19)20)6-10-4-5-12(18)13(7-10)21-3/h4-5,7,11,18H,6H2,1-3H3,(H,19,20)/t11-/m1/s1. The Morgan fingerprint density at radius 1 is 1.24 bits per heavy atom. The van der Waals surface area contributed by atoms with Crippen molar-refractivity contribution in [2.75, 3.05) is 7.11 Å². The predicted octanol–water partition coefficient (Wildman–Crippen LogP) is 0.791. The Hall–Kier alpha value is -2.57. The van der Waals surface area contributed by atoms with E-state index in [0.29, 0.717) is 10.5 Å². The zero-order valence-electron chi connectivity index (χ0n) is 12.0. The van der Waals surface area contributed by atoms with Gasteiger partial charge in [0.05, 0.1) is 7.11 Å². The van der Waals surface area contributed by atoms with Crippen LogP contribution in [0.4, 0.5) is 0 Å². The van der Waals surface area contributed by atoms with E-state index in [4.69, 9.17) is 4.74 Å². The van der Waals surface area contributed by atoms with Crippen LogP contribution in [0.1, 0.15) is 19.4 Å². The van der Waals surface area contributed by atoms with Crippen molar-refractivity contribution in [3.8, 4) is 11.5 Å². The molecule has 0 aromatic heterocycles. The maximum absolute atomic E-state index is 11.5. The summed E-state index contributed by atoms with van der Waals surface area (Å²) in [7, 11) is 1.37. The molecule has 0 aliphatic rings. The number of amides is 2. The highest BCUT2D eigenvalue weighted by Crippen LogP contribution is 2.27. The third-order valence-corrected chi connectivity index (χ3v) is 2.95. The van der Waals surface area contributed by atoms with Crippen LogP contribution in [0.5, 0.6) is 11.5 Å². The minimum Gasteiger partial charge on any atom is -0.504 e. The molecule has 1 rings (SSSR count). The number of imide groups is 1. The van der Waals surface area contributed by atoms with E-state index in [1.807, 2.05) is 0 Å². The van der Waals surface area contributed by atoms with E-state index in [1.165, 1.54) is 25.3 Å². The van der Waals surface area contributed by atoms with Crippen LogP contribution >= 0.6 is 0 Å². The van der Waals surface area contributed by atoms with E-state index in [9.17, 15) is 24.6 Å². The Balaban J connectivity index is 3.11. The number of benzene rings is 1. The van der Waals surface area contributed by atoms with Gasteiger partial charge >= 0.3 is 5.97 Å². The summed E-state index contributed by atoms with van der Waals surface area (Å²) >= 11 is 0. The lowest BCUT2D eigenvalue weighted by atomic mass is 10.0. The van der Waals surface area contributed by atoms with Crippen molar-refractivity contribution in [1.82, 2.24) is 4.90 Å². The van der Waals surface area contributed by atoms with Gasteiger partial charge in [-0.15, -0.1) is 0 Å². The first-order valence-electron chi connectivity index (χ1n) is 6.17. The van der Waals surface area contributed by atoms with Gasteiger partial charge in [-0.2, -0.15) is 0 Å². The molecule has 0 saturated heterocycles. The number of carboxylic acids is 1. The second kappa shape index (κ2) is 6.74. The summed E-state index contributed by atoms with van der Waals surface area (Å²) in [5, 5.41) is 18.8. The number of phenols is 1. The zero-order chi connectivity index (χ0) is 16.2. The zero-order valence-corrected chi connectivity index (χ0v) is 12.0. The van der Waals surface area contributed by atoms with E-state index in [2.05, 4.69) is 0 Å². The quantitative estimate of drug-likeness (QED) is 0.832. The highest BCUT2D eigenvalue weighted by molar-refractivity contribution is 5.97. The Labute approximate surface area is 121 Å². The summed E-state index contributed by atoms with van der Waals surface area (Å²) in [6, 6.07) is 3.02. The van der Waals surface area contributed by atoms with Gasteiger partial charge in [0, 0.05) is 20.3 Å². The van der Waals surface area contributed by atoms with Crippen LogP contribution in [0.15, 0.2) is 18.2 Å². The number of carbonyl (C=O) groups is 3. The van der Waals surface area contributed by atoms with Gasteiger partial charge in [-0.3, -0.25) is 14.5 Å². The lowest BCUT2D eigenvalue weighted by molar-refractivity contribution is -0.156. The number of carbonyl (C=O) groups excluding carboxylic acids is 2. The highest BCUT2D eigenvalue weighted by atomic mass is 16.5. The summed E-state index contributed by atoms with van der Waals surface area (Å²) in [5.74, 6) is -2.45. The molecule has 0 spiro atoms. The smallest absolute Gasteiger partial charge is 0.327 e. The van der Waals surface area contributed by atoms with Gasteiger partial charge in [-0.25, -0.2) is 4.79 Å². The fourth-order valence-electron chi connectivity index (χ4n) is 2.02. The molecule has 21 heavy (non-hydrogen) atoms. The molecule has 1 aromatic carbocycles. The lowest BCUT2D eigenvalue weighted by Crippen LogP contribution is -2.48. The fourth-order valence-corrected chi connectivity index (χ4v) is 2.02. The number of nitrogens with zero attached hydrogens (tertiary/aromatic N) is 1. The number of aromatic hydroxyl groups is 1. The topological polar surface area (TPSA) is 104 Å². The van der Waals surface area contributed by atoms with Crippen molar-refractivity contribution in [2.45, 2.75) is 26.3 Å². The van der Waals surface area contributed by atoms with Crippen molar-refractivity contribution >= 4 is 17.8 Å². The predicted molar refractivity (Wildman–Crippen MR) is 73.0 cm³/mol. The van der Waals surface area contributed by atoms with Gasteiger partial charge in [-0.05, 0) is 17.7 Å². The maximum Gasteiger partial charge on any atom is 0.327 e. The first-order chi connectivity index (χ1) is 9.77. The van der Waals surface area contributed by atoms with Gasteiger partial charge < -0.3 is 14.9 Å². The van der Waals surface area contributed by atoms with E-state index < -0.39 is 23.8 Å². The van der Waals surface area contributed by atoms with Gasteiger partial charge in [0.1, 0.15) is 6.04 Å². The van der Waals surface area contributed by atoms with Crippen LogP contribution in [-0.4, -0.2) is 46.0 Å². The summed E-state index contributed by atoms with van der Waals surface area (Å²) in [4.78, 5) is 35.0. The van der Waals surface area contributed by atoms with Crippen molar-refractivity contribution in [1.29, 1.82) is 0 Å². The molecule has 7 heteroatoms. The van der Waals surface area contributed by atoms with Crippen molar-refractivity contribution < 1.29 is 29.3 Å². The molecule has 0 heterocycles. The number of methoxy groups -OCH3 is 1. The molecule has 0 bridgehead atoms. The van der Waals surface area contributed by atoms with Gasteiger partial charge in [0.2, 0.25) is 11.8 Å². The molecule has 2 amide bonds. The van der Waals surface area contributed by atoms with Crippen LogP contribution in [-0.2, 0) is 20.8 Å². The Bertz CT molecular complexity index is 555. The van der Waals surface area contributed by atoms with Gasteiger partial charge in [-0.1, -0.05) is 6.07 Å². The third kappa shape index (κ3) is 3.95. The van der Waals surface area contributed by atoms with Crippen molar-refractivity contribution in [3.05, 3.63) is 23.8 Å². The Morgan fingerprint density at radius 3 is 2.24 bits per heavy atom. The van der Waals surface area contributed by atoms with Crippen LogP contribution in [0, 0.1) is 0 Å². The van der Waals surface area contributed by atoms with E-state index in [0.717, 1.165) is 13.8 Å². The molecule has 2 N–H and O–H groups in total. The number of ether oxygens (including phenoxy) is 1. The molecule has 0 aliphatic heterocycles. The number of hydrogen-bond donors (Lipinski definition) is 2. The number of carboxylic acid groups (broad SMARTS) is 1. The van der Waals surface area contributed by atoms with Gasteiger partial charge in [0.25, 0.3) is 0 Å². The average Bonchev–Trinajstić information content (AvgIpc) is 2.38. The second-order valence-electron chi connectivity index (χ2n) is 4.47. The summed E-state index contributed by atoms with van der Waals surface area (Å²) in [5.41, 5.74) is 0.518. The van der Waals surface area contributed by atoms with Gasteiger partial charge in [0.15, 0.2) is 11.5 Å². The Kier molecular flexibility index (Phi) is 5.29. The van der Waals surface area contributed by atoms with E-state index in [-0.39, 0.29) is 17.9 Å². The monoisotopic (exact) mass is 295 g/mol. The number of phenolic OH excluding ortho intramolecular Hbond substituents is 1. The van der Waals surface area contributed by atoms with Crippen LogP contribution in [0.3, 0.4) is 0 Å². The van der Waals surface area contributed by atoms with Crippen LogP contribution < -0.4 is 4.74 Å². The molecular weight excluding hydrogens is 278 g/mol. The molecule has 0 saturated carbocycles. The molecule has 0 fully saturated rings. The molecule has 114 valence electrons. The van der Waals surface area contributed by atoms with Crippen molar-refractivity contribution in [3.63, 3.8) is 0 Å². The first kappa shape index (κ1) is 16.5. The normalized spacial score (nSPS) is 11.6. The van der Waals surface area contributed by atoms with Crippen LogP contribution in [0.25, 0.3) is 0 Å². The lowest BCUT2D eigenvalue weighted by Gasteiger charge is -2.25. The second-order valence-corrected chi connectivity index (χ2v) is 4.47. The first-order valence-corrected chi connectivity index (χ1v) is 6.17. The number of hydrogen-bond acceptors (Lipinski definition) is 5. The SMILES string of the molecule is COc1cc(C[C@H](C(=O)O)N(C(C)=O)C(C)=O)ccc1O. The van der Waals surface area contributed by atoms with Crippen LogP contribution in [0.2, 0.25) is 0 Å². The molecular formula is C14H17NO6.